The molecule has 0 unspecified atom stereocenters. The van der Waals surface area contributed by atoms with Crippen molar-refractivity contribution in [3.63, 3.8) is 0 Å². The second kappa shape index (κ2) is 5.13. The molecule has 1 fully saturated rings. The molecule has 0 amide bonds. The van der Waals surface area contributed by atoms with Crippen LogP contribution in [0.1, 0.15) is 53.4 Å². The third kappa shape index (κ3) is 4.43. The largest absolute Gasteiger partial charge is 0.314 e. The van der Waals surface area contributed by atoms with Crippen LogP contribution in [0.2, 0.25) is 0 Å². The molecule has 14 heavy (non-hydrogen) atoms. The zero-order valence-electron chi connectivity index (χ0n) is 10.2. The Bertz CT molecular complexity index is 152. The minimum Gasteiger partial charge on any atom is -0.314 e. The lowest BCUT2D eigenvalue weighted by molar-refractivity contribution is 0.263. The van der Waals surface area contributed by atoms with E-state index in [1.54, 1.807) is 0 Å². The van der Waals surface area contributed by atoms with Gasteiger partial charge in [-0.15, -0.1) is 0 Å². The van der Waals surface area contributed by atoms with Crippen LogP contribution in [0.3, 0.4) is 0 Å². The summed E-state index contributed by atoms with van der Waals surface area (Å²) >= 11 is 0. The lowest BCUT2D eigenvalue weighted by Gasteiger charge is -2.34. The predicted octanol–water partition coefficient (Wildman–Crippen LogP) is 2.30. The van der Waals surface area contributed by atoms with E-state index >= 15 is 0 Å². The predicted molar refractivity (Wildman–Crippen MR) is 62.6 cm³/mol. The zero-order chi connectivity index (χ0) is 10.6. The summed E-state index contributed by atoms with van der Waals surface area (Å²) in [6.45, 7) is 10.1. The highest BCUT2D eigenvalue weighted by molar-refractivity contribution is 4.84. The van der Waals surface area contributed by atoms with Gasteiger partial charge in [0.05, 0.1) is 0 Å². The summed E-state index contributed by atoms with van der Waals surface area (Å²) in [5.74, 6) is 0. The highest BCUT2D eigenvalue weighted by atomic mass is 15.0. The van der Waals surface area contributed by atoms with Crippen LogP contribution in [-0.2, 0) is 0 Å². The molecular formula is C12H26N2. The van der Waals surface area contributed by atoms with Gasteiger partial charge in [-0.05, 0) is 53.0 Å². The third-order valence-corrected chi connectivity index (χ3v) is 2.86. The number of rotatable bonds is 3. The van der Waals surface area contributed by atoms with Crippen LogP contribution in [0.25, 0.3) is 0 Å². The first-order valence-corrected chi connectivity index (χ1v) is 6.02. The highest BCUT2D eigenvalue weighted by Crippen LogP contribution is 2.20. The summed E-state index contributed by atoms with van der Waals surface area (Å²) in [5, 5.41) is 7.23. The maximum Gasteiger partial charge on any atom is 0.00990 e. The second-order valence-corrected chi connectivity index (χ2v) is 5.50. The Morgan fingerprint density at radius 3 is 1.93 bits per heavy atom. The smallest absolute Gasteiger partial charge is 0.00990 e. The van der Waals surface area contributed by atoms with Gasteiger partial charge < -0.3 is 10.6 Å². The van der Waals surface area contributed by atoms with Crippen molar-refractivity contribution in [1.29, 1.82) is 0 Å². The first-order valence-electron chi connectivity index (χ1n) is 6.02. The van der Waals surface area contributed by atoms with Crippen molar-refractivity contribution in [2.75, 3.05) is 6.54 Å². The Kier molecular flexibility index (Phi) is 4.39. The van der Waals surface area contributed by atoms with E-state index in [1.807, 2.05) is 0 Å². The Morgan fingerprint density at radius 1 is 1.00 bits per heavy atom. The van der Waals surface area contributed by atoms with Gasteiger partial charge >= 0.3 is 0 Å². The van der Waals surface area contributed by atoms with Gasteiger partial charge in [-0.1, -0.05) is 6.92 Å². The van der Waals surface area contributed by atoms with Crippen molar-refractivity contribution in [3.8, 4) is 0 Å². The molecule has 0 radical (unpaired) electrons. The van der Waals surface area contributed by atoms with Crippen molar-refractivity contribution < 1.29 is 0 Å². The van der Waals surface area contributed by atoms with Crippen molar-refractivity contribution >= 4 is 0 Å². The minimum atomic E-state index is 0.274. The molecule has 84 valence electrons. The minimum absolute atomic E-state index is 0.274. The van der Waals surface area contributed by atoms with E-state index in [2.05, 4.69) is 38.3 Å². The van der Waals surface area contributed by atoms with Crippen LogP contribution >= 0.6 is 0 Å². The van der Waals surface area contributed by atoms with Gasteiger partial charge in [0, 0.05) is 17.6 Å². The molecule has 2 heteroatoms. The highest BCUT2D eigenvalue weighted by Gasteiger charge is 2.23. The van der Waals surface area contributed by atoms with E-state index in [4.69, 9.17) is 0 Å². The van der Waals surface area contributed by atoms with Gasteiger partial charge in [0.15, 0.2) is 0 Å². The second-order valence-electron chi connectivity index (χ2n) is 5.50. The number of hydrogen-bond donors (Lipinski definition) is 2. The van der Waals surface area contributed by atoms with Gasteiger partial charge in [-0.2, -0.15) is 0 Å². The Labute approximate surface area is 88.8 Å². The quantitative estimate of drug-likeness (QED) is 0.727. The van der Waals surface area contributed by atoms with Crippen LogP contribution in [0.4, 0.5) is 0 Å². The van der Waals surface area contributed by atoms with Crippen molar-refractivity contribution in [1.82, 2.24) is 10.6 Å². The maximum absolute atomic E-state index is 3.69. The van der Waals surface area contributed by atoms with E-state index in [0.717, 1.165) is 18.6 Å². The Hall–Kier alpha value is -0.0800. The molecule has 0 bridgehead atoms. The maximum atomic E-state index is 3.69. The summed E-state index contributed by atoms with van der Waals surface area (Å²) in [6.07, 6.45) is 5.33. The van der Waals surface area contributed by atoms with E-state index in [1.165, 1.54) is 25.7 Å². The van der Waals surface area contributed by atoms with Crippen molar-refractivity contribution in [2.24, 2.45) is 0 Å². The fourth-order valence-electron chi connectivity index (χ4n) is 2.34. The fraction of sp³-hybridized carbons (Fsp3) is 1.00. The van der Waals surface area contributed by atoms with E-state index in [-0.39, 0.29) is 5.54 Å². The molecule has 2 N–H and O–H groups in total. The van der Waals surface area contributed by atoms with Gasteiger partial charge in [-0.25, -0.2) is 0 Å². The number of hydrogen-bond acceptors (Lipinski definition) is 2. The summed E-state index contributed by atoms with van der Waals surface area (Å²) in [7, 11) is 0. The van der Waals surface area contributed by atoms with Gasteiger partial charge in [0.25, 0.3) is 0 Å². The molecule has 0 spiro atoms. The van der Waals surface area contributed by atoms with Crippen LogP contribution in [0, 0.1) is 0 Å². The first-order chi connectivity index (χ1) is 6.51. The van der Waals surface area contributed by atoms with Crippen LogP contribution in [0.5, 0.6) is 0 Å². The third-order valence-electron chi connectivity index (χ3n) is 2.86. The standard InChI is InChI=1S/C12H26N2/c1-5-13-10-6-8-11(9-7-10)14-12(2,3)4/h10-11,13-14H,5-9H2,1-4H3. The molecule has 1 aliphatic carbocycles. The average molecular weight is 198 g/mol. The lowest BCUT2D eigenvalue weighted by atomic mass is 9.89. The molecule has 1 aliphatic rings. The van der Waals surface area contributed by atoms with Gasteiger partial charge in [0.2, 0.25) is 0 Å². The van der Waals surface area contributed by atoms with E-state index < -0.39 is 0 Å². The van der Waals surface area contributed by atoms with E-state index in [0.29, 0.717) is 0 Å². The van der Waals surface area contributed by atoms with E-state index in [9.17, 15) is 0 Å². The topological polar surface area (TPSA) is 24.1 Å². The summed E-state index contributed by atoms with van der Waals surface area (Å²) in [6, 6.07) is 1.52. The summed E-state index contributed by atoms with van der Waals surface area (Å²) in [4.78, 5) is 0. The molecule has 1 rings (SSSR count). The molecule has 0 heterocycles. The monoisotopic (exact) mass is 198 g/mol. The molecule has 0 aliphatic heterocycles. The molecule has 0 atom stereocenters. The first kappa shape index (κ1) is 12.0. The average Bonchev–Trinajstić information content (AvgIpc) is 2.06. The summed E-state index contributed by atoms with van der Waals surface area (Å²) < 4.78 is 0. The molecule has 0 aromatic carbocycles. The van der Waals surface area contributed by atoms with Crippen LogP contribution in [-0.4, -0.2) is 24.2 Å². The van der Waals surface area contributed by atoms with Crippen LogP contribution < -0.4 is 10.6 Å². The lowest BCUT2D eigenvalue weighted by Crippen LogP contribution is -2.47. The fourth-order valence-corrected chi connectivity index (χ4v) is 2.34. The summed E-state index contributed by atoms with van der Waals surface area (Å²) in [5.41, 5.74) is 0.274. The van der Waals surface area contributed by atoms with Gasteiger partial charge in [-0.3, -0.25) is 0 Å². The molecular weight excluding hydrogens is 172 g/mol. The molecule has 0 saturated heterocycles. The normalized spacial score (nSPS) is 29.1. The number of nitrogens with one attached hydrogen (secondary N) is 2. The Balaban J connectivity index is 2.22. The Morgan fingerprint density at radius 2 is 1.50 bits per heavy atom. The van der Waals surface area contributed by atoms with Gasteiger partial charge in [0.1, 0.15) is 0 Å². The van der Waals surface area contributed by atoms with Crippen molar-refractivity contribution in [3.05, 3.63) is 0 Å². The zero-order valence-corrected chi connectivity index (χ0v) is 10.2. The molecule has 2 nitrogen and oxygen atoms in total. The van der Waals surface area contributed by atoms with Crippen LogP contribution in [0.15, 0.2) is 0 Å². The SMILES string of the molecule is CCNC1CCC(NC(C)(C)C)CC1. The molecule has 0 aromatic heterocycles. The van der Waals surface area contributed by atoms with Crippen molar-refractivity contribution in [2.45, 2.75) is 71.0 Å². The molecule has 0 aromatic rings. The molecule has 1 saturated carbocycles.